The normalized spacial score (nSPS) is 45.0. The fourth-order valence-electron chi connectivity index (χ4n) is 12.0. The summed E-state index contributed by atoms with van der Waals surface area (Å²) in [5.41, 5.74) is -0.988. The molecule has 0 aromatic rings. The number of carbonyl (C=O) groups excluding carboxylic acids is 1. The summed E-state index contributed by atoms with van der Waals surface area (Å²) in [5.74, 6) is 1.47. The van der Waals surface area contributed by atoms with Gasteiger partial charge in [0.25, 0.3) is 0 Å². The first-order valence-corrected chi connectivity index (χ1v) is 18.9. The summed E-state index contributed by atoms with van der Waals surface area (Å²) in [6.07, 6.45) is 9.97. The van der Waals surface area contributed by atoms with Crippen LogP contribution in [-0.2, 0) is 28.1 Å². The van der Waals surface area contributed by atoms with E-state index in [1.807, 2.05) is 7.11 Å². The van der Waals surface area contributed by atoms with E-state index in [2.05, 4.69) is 79.5 Å². The van der Waals surface area contributed by atoms with E-state index in [1.165, 1.54) is 0 Å². The molecule has 4 aliphatic carbocycles. The number of carbonyl (C=O) groups is 1. The summed E-state index contributed by atoms with van der Waals surface area (Å²) in [4.78, 5) is 32.4. The van der Waals surface area contributed by atoms with Crippen molar-refractivity contribution in [2.75, 3.05) is 20.5 Å². The summed E-state index contributed by atoms with van der Waals surface area (Å²) in [6.45, 7) is 25.4. The molecule has 0 aromatic heterocycles. The van der Waals surface area contributed by atoms with Gasteiger partial charge < -0.3 is 24.0 Å². The Balaban J connectivity index is 1.74. The minimum Gasteiger partial charge on any atom is -0.437 e. The van der Waals surface area contributed by atoms with Crippen molar-refractivity contribution in [1.82, 2.24) is 0 Å². The second-order valence-corrected chi connectivity index (χ2v) is 18.2. The molecule has 4 aliphatic rings. The lowest BCUT2D eigenvalue weighted by Gasteiger charge is -2.71. The SMILES string of the molecule is C=CC1C(C)(C)C(OC(C)C)CCC1(C)[C@H]1CCC2C3C(C)C(C)CCC3(C(=O)OCOP(=O)(O)O)CCC2(C)C1(C)COC. The van der Waals surface area contributed by atoms with Gasteiger partial charge in [0.05, 0.1) is 24.2 Å². The average molecular weight is 655 g/mol. The molecule has 10 unspecified atom stereocenters. The maximum Gasteiger partial charge on any atom is 0.472 e. The van der Waals surface area contributed by atoms with Crippen molar-refractivity contribution in [2.45, 2.75) is 126 Å². The fraction of sp³-hybridized carbons (Fsp3) is 0.917. The molecule has 0 radical (unpaired) electrons. The van der Waals surface area contributed by atoms with Gasteiger partial charge in [-0.25, -0.2) is 9.09 Å². The van der Waals surface area contributed by atoms with Crippen molar-refractivity contribution in [3.05, 3.63) is 12.7 Å². The van der Waals surface area contributed by atoms with Gasteiger partial charge in [0.1, 0.15) is 0 Å². The van der Waals surface area contributed by atoms with Gasteiger partial charge >= 0.3 is 13.8 Å². The summed E-state index contributed by atoms with van der Waals surface area (Å²) in [7, 11) is -2.91. The lowest BCUT2D eigenvalue weighted by molar-refractivity contribution is -0.247. The van der Waals surface area contributed by atoms with Gasteiger partial charge in [-0.3, -0.25) is 4.79 Å². The molecule has 0 heterocycles. The Morgan fingerprint density at radius 3 is 2.24 bits per heavy atom. The number of fused-ring (bicyclic) bond motifs is 3. The minimum atomic E-state index is -4.74. The second kappa shape index (κ2) is 12.9. The Kier molecular flexibility index (Phi) is 10.7. The van der Waals surface area contributed by atoms with Gasteiger partial charge in [-0.15, -0.1) is 6.58 Å². The van der Waals surface area contributed by atoms with Crippen LogP contribution in [0.5, 0.6) is 0 Å². The van der Waals surface area contributed by atoms with E-state index in [-0.39, 0.29) is 57.6 Å². The van der Waals surface area contributed by atoms with E-state index in [4.69, 9.17) is 14.2 Å². The standard InChI is InChI=1S/C36H63O8P/c1-12-27-32(6,7)29(44-23(2)3)16-17-33(27,8)28-14-13-26-30-25(5)24(4)15-18-36(30,31(37)42-22-43-45(38,39)40)20-19-34(26,9)35(28,10)21-41-11/h12,23-30H,1,13-22H2,2-11H3,(H2,38,39,40)/t24?,25?,26?,27?,28-,29?,30?,33?,34?,35?,36?/m1/s1. The van der Waals surface area contributed by atoms with E-state index in [9.17, 15) is 19.1 Å². The van der Waals surface area contributed by atoms with E-state index in [0.29, 0.717) is 30.8 Å². The summed E-state index contributed by atoms with van der Waals surface area (Å²) in [5, 5.41) is 0. The largest absolute Gasteiger partial charge is 0.472 e. The van der Waals surface area contributed by atoms with Crippen LogP contribution in [0.1, 0.15) is 114 Å². The number of phosphoric acid groups is 1. The summed E-state index contributed by atoms with van der Waals surface area (Å²) in [6, 6.07) is 0. The number of rotatable bonds is 10. The number of hydrogen-bond acceptors (Lipinski definition) is 6. The number of hydrogen-bond donors (Lipinski definition) is 2. The quantitative estimate of drug-likeness (QED) is 0.105. The summed E-state index contributed by atoms with van der Waals surface area (Å²) < 4.78 is 34.1. The zero-order valence-electron chi connectivity index (χ0n) is 29.8. The highest BCUT2D eigenvalue weighted by atomic mass is 31.2. The van der Waals surface area contributed by atoms with Crippen LogP contribution in [0.2, 0.25) is 0 Å². The molecule has 0 spiro atoms. The second-order valence-electron chi connectivity index (χ2n) is 17.0. The molecule has 45 heavy (non-hydrogen) atoms. The summed E-state index contributed by atoms with van der Waals surface area (Å²) >= 11 is 0. The molecule has 9 heteroatoms. The molecule has 4 saturated carbocycles. The molecule has 4 rings (SSSR count). The molecule has 8 nitrogen and oxygen atoms in total. The van der Waals surface area contributed by atoms with Crippen molar-refractivity contribution in [2.24, 2.45) is 62.6 Å². The number of phosphoric ester groups is 1. The molecule has 0 aliphatic heterocycles. The minimum absolute atomic E-state index is 0.00214. The van der Waals surface area contributed by atoms with Gasteiger partial charge in [-0.2, -0.15) is 0 Å². The Morgan fingerprint density at radius 2 is 1.67 bits per heavy atom. The third-order valence-electron chi connectivity index (χ3n) is 14.3. The third kappa shape index (κ3) is 6.16. The van der Waals surface area contributed by atoms with Crippen molar-refractivity contribution < 1.29 is 37.9 Å². The number of allylic oxidation sites excluding steroid dienone is 1. The highest BCUT2D eigenvalue weighted by Gasteiger charge is 2.70. The van der Waals surface area contributed by atoms with Crippen LogP contribution in [0.4, 0.5) is 0 Å². The number of methoxy groups -OCH3 is 1. The van der Waals surface area contributed by atoms with Gasteiger partial charge in [0.15, 0.2) is 0 Å². The molecule has 0 aromatic carbocycles. The zero-order chi connectivity index (χ0) is 33.8. The van der Waals surface area contributed by atoms with Gasteiger partial charge in [0.2, 0.25) is 6.79 Å². The van der Waals surface area contributed by atoms with E-state index in [0.717, 1.165) is 44.9 Å². The van der Waals surface area contributed by atoms with Crippen LogP contribution in [0.25, 0.3) is 0 Å². The van der Waals surface area contributed by atoms with Crippen molar-refractivity contribution in [3.63, 3.8) is 0 Å². The lowest BCUT2D eigenvalue weighted by atomic mass is 9.34. The number of esters is 1. The molecule has 11 atom stereocenters. The topological polar surface area (TPSA) is 112 Å². The van der Waals surface area contributed by atoms with Crippen LogP contribution in [0.3, 0.4) is 0 Å². The van der Waals surface area contributed by atoms with Crippen LogP contribution < -0.4 is 0 Å². The fourth-order valence-corrected chi connectivity index (χ4v) is 12.2. The predicted octanol–water partition coefficient (Wildman–Crippen LogP) is 8.17. The van der Waals surface area contributed by atoms with E-state index < -0.39 is 20.0 Å². The van der Waals surface area contributed by atoms with E-state index in [1.54, 1.807) is 0 Å². The number of ether oxygens (including phenoxy) is 3. The lowest BCUT2D eigenvalue weighted by Crippen LogP contribution is -2.67. The van der Waals surface area contributed by atoms with Gasteiger partial charge in [-0.05, 0) is 122 Å². The van der Waals surface area contributed by atoms with Crippen LogP contribution in [0.15, 0.2) is 12.7 Å². The highest BCUT2D eigenvalue weighted by Crippen LogP contribution is 2.74. The third-order valence-corrected chi connectivity index (χ3v) is 14.8. The van der Waals surface area contributed by atoms with Crippen LogP contribution >= 0.6 is 7.82 Å². The first-order valence-electron chi connectivity index (χ1n) is 17.4. The molecular formula is C36H63O8P. The van der Waals surface area contributed by atoms with Crippen molar-refractivity contribution in [1.29, 1.82) is 0 Å². The smallest absolute Gasteiger partial charge is 0.437 e. The van der Waals surface area contributed by atoms with Crippen LogP contribution in [0, 0.1) is 62.6 Å². The molecule has 260 valence electrons. The van der Waals surface area contributed by atoms with Crippen molar-refractivity contribution in [3.8, 4) is 0 Å². The highest BCUT2D eigenvalue weighted by molar-refractivity contribution is 7.46. The van der Waals surface area contributed by atoms with E-state index >= 15 is 0 Å². The molecule has 4 fully saturated rings. The van der Waals surface area contributed by atoms with Crippen LogP contribution in [-0.4, -0.2) is 48.5 Å². The predicted molar refractivity (Wildman–Crippen MR) is 176 cm³/mol. The van der Waals surface area contributed by atoms with Gasteiger partial charge in [0, 0.05) is 7.11 Å². The Bertz CT molecular complexity index is 1130. The molecular weight excluding hydrogens is 591 g/mol. The average Bonchev–Trinajstić information content (AvgIpc) is 2.92. The van der Waals surface area contributed by atoms with Crippen molar-refractivity contribution >= 4 is 13.8 Å². The van der Waals surface area contributed by atoms with Gasteiger partial charge in [-0.1, -0.05) is 54.5 Å². The Hall–Kier alpha value is -0.760. The zero-order valence-corrected chi connectivity index (χ0v) is 30.7. The Morgan fingerprint density at radius 1 is 1.00 bits per heavy atom. The molecule has 0 amide bonds. The first kappa shape index (κ1) is 37.1. The molecule has 0 bridgehead atoms. The maximum absolute atomic E-state index is 14.0. The molecule has 0 saturated heterocycles. The maximum atomic E-state index is 14.0. The molecule has 2 N–H and O–H groups in total. The Labute approximate surface area is 273 Å². The monoisotopic (exact) mass is 654 g/mol. The first-order chi connectivity index (χ1) is 20.7.